The zero-order valence-electron chi connectivity index (χ0n) is 43.0. The lowest BCUT2D eigenvalue weighted by Gasteiger charge is -2.71. The van der Waals surface area contributed by atoms with Gasteiger partial charge in [-0.1, -0.05) is 131 Å². The van der Waals surface area contributed by atoms with E-state index < -0.39 is 51.6 Å². The standard InChI is InChI=1S/C57H86O10/c1-13-37-60-51(21-9)49(58-23-11)33-35-53(62-39-15-3,56(51,64-41-17-5)65-42-18-6)55(47-31-27-25-29-45(47)46-30-26-28-32-48(46)55)54(63-40-16-4)36-34-50(59-24-12)52(22-10,61-38-14-2)57(54,66-43-19-7)67-44-20-8/h23-36,49-50H,11-22,37-44H2,1-10H3. The Morgan fingerprint density at radius 3 is 1.01 bits per heavy atom. The molecule has 6 atom stereocenters. The average Bonchev–Trinajstić information content (AvgIpc) is 3.67. The molecule has 374 valence electrons. The van der Waals surface area contributed by atoms with Gasteiger partial charge in [0.25, 0.3) is 0 Å². The van der Waals surface area contributed by atoms with Crippen LogP contribution < -0.4 is 0 Å². The summed E-state index contributed by atoms with van der Waals surface area (Å²) in [6.07, 6.45) is 16.4. The molecular formula is C57H86O10. The highest BCUT2D eigenvalue weighted by molar-refractivity contribution is 5.85. The average molecular weight is 931 g/mol. The molecule has 0 bridgehead atoms. The molecule has 5 rings (SSSR count). The second-order valence-electron chi connectivity index (χ2n) is 18.0. The molecule has 0 saturated carbocycles. The monoisotopic (exact) mass is 931 g/mol. The summed E-state index contributed by atoms with van der Waals surface area (Å²) in [5.41, 5.74) is -3.69. The Bertz CT molecular complexity index is 1760. The van der Waals surface area contributed by atoms with Gasteiger partial charge in [-0.25, -0.2) is 0 Å². The van der Waals surface area contributed by atoms with E-state index in [9.17, 15) is 0 Å². The summed E-state index contributed by atoms with van der Waals surface area (Å²) < 4.78 is 75.6. The molecule has 0 N–H and O–H groups in total. The van der Waals surface area contributed by atoms with Gasteiger partial charge < -0.3 is 47.4 Å². The molecule has 2 aromatic carbocycles. The molecule has 0 aliphatic heterocycles. The fourth-order valence-electron chi connectivity index (χ4n) is 11.6. The molecule has 3 aliphatic carbocycles. The normalized spacial score (nSPS) is 27.6. The molecule has 10 heteroatoms. The van der Waals surface area contributed by atoms with Gasteiger partial charge in [-0.2, -0.15) is 0 Å². The highest BCUT2D eigenvalue weighted by atomic mass is 16.8. The zero-order chi connectivity index (χ0) is 48.7. The predicted octanol–water partition coefficient (Wildman–Crippen LogP) is 12.7. The first-order chi connectivity index (χ1) is 32.6. The third-order valence-corrected chi connectivity index (χ3v) is 13.9. The van der Waals surface area contributed by atoms with Crippen molar-refractivity contribution in [3.8, 4) is 11.1 Å². The second kappa shape index (κ2) is 24.5. The van der Waals surface area contributed by atoms with Crippen LogP contribution in [-0.4, -0.2) is 99.0 Å². The summed E-state index contributed by atoms with van der Waals surface area (Å²) in [6.45, 7) is 32.0. The minimum atomic E-state index is -1.77. The van der Waals surface area contributed by atoms with Gasteiger partial charge in [-0.3, -0.25) is 0 Å². The van der Waals surface area contributed by atoms with Crippen LogP contribution in [0.5, 0.6) is 0 Å². The number of hydrogen-bond acceptors (Lipinski definition) is 10. The predicted molar refractivity (Wildman–Crippen MR) is 268 cm³/mol. The lowest BCUT2D eigenvalue weighted by molar-refractivity contribution is -0.449. The topological polar surface area (TPSA) is 92.3 Å². The van der Waals surface area contributed by atoms with Gasteiger partial charge >= 0.3 is 0 Å². The Labute approximate surface area is 404 Å². The summed E-state index contributed by atoms with van der Waals surface area (Å²) in [5, 5.41) is 0. The van der Waals surface area contributed by atoms with Crippen LogP contribution in [-0.2, 0) is 52.8 Å². The maximum absolute atomic E-state index is 8.10. The highest BCUT2D eigenvalue weighted by Crippen LogP contribution is 2.72. The Balaban J connectivity index is 2.31. The molecule has 0 aromatic heterocycles. The molecule has 2 aromatic rings. The summed E-state index contributed by atoms with van der Waals surface area (Å²) in [4.78, 5) is 0. The van der Waals surface area contributed by atoms with E-state index in [1.807, 2.05) is 0 Å². The molecular weight excluding hydrogens is 845 g/mol. The van der Waals surface area contributed by atoms with Crippen LogP contribution in [0.1, 0.15) is 145 Å². The highest BCUT2D eigenvalue weighted by Gasteiger charge is 2.88. The molecule has 0 heterocycles. The summed E-state index contributed by atoms with van der Waals surface area (Å²) >= 11 is 0. The van der Waals surface area contributed by atoms with Crippen LogP contribution in [0.4, 0.5) is 0 Å². The van der Waals surface area contributed by atoms with Crippen molar-refractivity contribution in [1.82, 2.24) is 0 Å². The van der Waals surface area contributed by atoms with Crippen LogP contribution in [0.15, 0.2) is 98.5 Å². The van der Waals surface area contributed by atoms with E-state index in [0.29, 0.717) is 104 Å². The number of rotatable bonds is 32. The molecule has 6 unspecified atom stereocenters. The van der Waals surface area contributed by atoms with Crippen molar-refractivity contribution in [2.75, 3.05) is 52.9 Å². The van der Waals surface area contributed by atoms with Crippen LogP contribution in [0.25, 0.3) is 11.1 Å². The SMILES string of the molecule is C=COC1C=CC(OCCC)(C2(C3(OCCC)C=CC(OC=C)C(CC)(OCCC)C3(OCCC)OCCC)c3ccccc3-c3ccccc32)C(OCCC)(OCCC)C1(CC)OCCC. The minimum absolute atomic E-state index is 0.308. The van der Waals surface area contributed by atoms with Crippen molar-refractivity contribution in [3.05, 3.63) is 110 Å². The van der Waals surface area contributed by atoms with Gasteiger partial charge in [-0.05, 0) is 111 Å². The Morgan fingerprint density at radius 2 is 0.716 bits per heavy atom. The van der Waals surface area contributed by atoms with Gasteiger partial charge in [0.2, 0.25) is 11.6 Å². The van der Waals surface area contributed by atoms with Crippen molar-refractivity contribution in [2.45, 2.75) is 185 Å². The lowest BCUT2D eigenvalue weighted by atomic mass is 9.45. The van der Waals surface area contributed by atoms with E-state index >= 15 is 0 Å². The number of hydrogen-bond donors (Lipinski definition) is 0. The fourth-order valence-corrected chi connectivity index (χ4v) is 11.6. The quantitative estimate of drug-likeness (QED) is 0.0401. The van der Waals surface area contributed by atoms with E-state index in [4.69, 9.17) is 47.4 Å². The van der Waals surface area contributed by atoms with E-state index in [-0.39, 0.29) is 0 Å². The third kappa shape index (κ3) is 8.51. The Hall–Kier alpha value is -3.32. The maximum atomic E-state index is 8.10. The van der Waals surface area contributed by atoms with Gasteiger partial charge in [0.15, 0.2) is 34.6 Å². The van der Waals surface area contributed by atoms with E-state index in [1.165, 1.54) is 12.5 Å². The van der Waals surface area contributed by atoms with Crippen molar-refractivity contribution in [1.29, 1.82) is 0 Å². The van der Waals surface area contributed by atoms with E-state index in [0.717, 1.165) is 35.1 Å². The number of ether oxygens (including phenoxy) is 10. The first-order valence-electron chi connectivity index (χ1n) is 25.9. The minimum Gasteiger partial charge on any atom is -0.491 e. The summed E-state index contributed by atoms with van der Waals surface area (Å²) in [5.74, 6) is -3.55. The molecule has 0 saturated heterocycles. The number of fused-ring (bicyclic) bond motifs is 3. The molecule has 0 amide bonds. The van der Waals surface area contributed by atoms with Crippen LogP contribution in [0.2, 0.25) is 0 Å². The molecule has 0 radical (unpaired) electrons. The summed E-state index contributed by atoms with van der Waals surface area (Å²) in [7, 11) is 0. The summed E-state index contributed by atoms with van der Waals surface area (Å²) in [6, 6.07) is 17.3. The third-order valence-electron chi connectivity index (χ3n) is 13.9. The van der Waals surface area contributed by atoms with Crippen LogP contribution in [0, 0.1) is 0 Å². The molecule has 0 fully saturated rings. The first-order valence-corrected chi connectivity index (χ1v) is 25.9. The van der Waals surface area contributed by atoms with Gasteiger partial charge in [0, 0.05) is 26.4 Å². The van der Waals surface area contributed by atoms with Gasteiger partial charge in [-0.15, -0.1) is 0 Å². The van der Waals surface area contributed by atoms with Crippen molar-refractivity contribution >= 4 is 0 Å². The van der Waals surface area contributed by atoms with Gasteiger partial charge in [0.1, 0.15) is 0 Å². The zero-order valence-corrected chi connectivity index (χ0v) is 43.0. The molecule has 67 heavy (non-hydrogen) atoms. The van der Waals surface area contributed by atoms with Crippen molar-refractivity contribution in [3.63, 3.8) is 0 Å². The van der Waals surface area contributed by atoms with E-state index in [1.54, 1.807) is 0 Å². The van der Waals surface area contributed by atoms with Crippen LogP contribution >= 0.6 is 0 Å². The fraction of sp³-hybridized carbons (Fsp3) is 0.649. The van der Waals surface area contributed by atoms with Crippen molar-refractivity contribution < 1.29 is 47.4 Å². The molecule has 3 aliphatic rings. The maximum Gasteiger partial charge on any atom is 0.237 e. The first kappa shape index (κ1) is 54.6. The Morgan fingerprint density at radius 1 is 0.418 bits per heavy atom. The van der Waals surface area contributed by atoms with Crippen LogP contribution in [0.3, 0.4) is 0 Å². The molecule has 0 spiro atoms. The van der Waals surface area contributed by atoms with Crippen molar-refractivity contribution in [2.24, 2.45) is 0 Å². The molecule has 10 nitrogen and oxygen atoms in total. The lowest BCUT2D eigenvalue weighted by Crippen LogP contribution is -2.89. The Kier molecular flexibility index (Phi) is 20.0. The smallest absolute Gasteiger partial charge is 0.237 e. The van der Waals surface area contributed by atoms with Gasteiger partial charge in [0.05, 0.1) is 44.4 Å². The number of benzene rings is 2. The largest absolute Gasteiger partial charge is 0.491 e. The van der Waals surface area contributed by atoms with E-state index in [2.05, 4.69) is 155 Å². The second-order valence-corrected chi connectivity index (χ2v) is 18.0.